The molecule has 0 spiro atoms. The van der Waals surface area contributed by atoms with Crippen LogP contribution in [-0.2, 0) is 6.42 Å². The predicted octanol–water partition coefficient (Wildman–Crippen LogP) is 0.629. The highest BCUT2D eigenvalue weighted by Gasteiger charge is 2.15. The van der Waals surface area contributed by atoms with Crippen LogP contribution < -0.4 is 5.32 Å². The molecule has 1 saturated heterocycles. The van der Waals surface area contributed by atoms with Crippen LogP contribution in [0.5, 0.6) is 0 Å². The standard InChI is InChI=1S/C9H13N3/c1-3-11-9(12-4-1)6-8-2-5-10-7-8/h1,3-4,8,10H,2,5-7H2/t8-/m0/s1. The molecule has 3 nitrogen and oxygen atoms in total. The van der Waals surface area contributed by atoms with E-state index in [1.165, 1.54) is 6.42 Å². The zero-order valence-corrected chi connectivity index (χ0v) is 7.03. The minimum atomic E-state index is 0.743. The van der Waals surface area contributed by atoms with Gasteiger partial charge in [0.05, 0.1) is 0 Å². The minimum absolute atomic E-state index is 0.743. The van der Waals surface area contributed by atoms with E-state index in [9.17, 15) is 0 Å². The third-order valence-electron chi connectivity index (χ3n) is 2.25. The van der Waals surface area contributed by atoms with E-state index in [1.807, 2.05) is 18.5 Å². The smallest absolute Gasteiger partial charge is 0.128 e. The molecule has 3 heteroatoms. The molecule has 0 amide bonds. The summed E-state index contributed by atoms with van der Waals surface area (Å²) in [5.41, 5.74) is 0. The molecule has 0 bridgehead atoms. The molecule has 1 aliphatic rings. The van der Waals surface area contributed by atoms with Gasteiger partial charge >= 0.3 is 0 Å². The van der Waals surface area contributed by atoms with E-state index >= 15 is 0 Å². The maximum atomic E-state index is 4.20. The van der Waals surface area contributed by atoms with E-state index in [1.54, 1.807) is 0 Å². The van der Waals surface area contributed by atoms with Crippen LogP contribution in [0.25, 0.3) is 0 Å². The lowest BCUT2D eigenvalue weighted by Crippen LogP contribution is -2.11. The Morgan fingerprint density at radius 2 is 2.25 bits per heavy atom. The quantitative estimate of drug-likeness (QED) is 0.695. The Hall–Kier alpha value is -0.960. The van der Waals surface area contributed by atoms with Crippen LogP contribution in [0.2, 0.25) is 0 Å². The predicted molar refractivity (Wildman–Crippen MR) is 46.7 cm³/mol. The van der Waals surface area contributed by atoms with E-state index in [0.717, 1.165) is 31.3 Å². The summed E-state index contributed by atoms with van der Waals surface area (Å²) in [6, 6.07) is 1.86. The van der Waals surface area contributed by atoms with Crippen LogP contribution in [0.4, 0.5) is 0 Å². The summed E-state index contributed by atoms with van der Waals surface area (Å²) in [4.78, 5) is 8.41. The van der Waals surface area contributed by atoms with Gasteiger partial charge in [-0.15, -0.1) is 0 Å². The summed E-state index contributed by atoms with van der Waals surface area (Å²) in [6.45, 7) is 2.27. The largest absolute Gasteiger partial charge is 0.316 e. The summed E-state index contributed by atoms with van der Waals surface area (Å²) in [7, 11) is 0. The molecule has 2 rings (SSSR count). The summed E-state index contributed by atoms with van der Waals surface area (Å²) < 4.78 is 0. The molecule has 0 unspecified atom stereocenters. The molecule has 0 radical (unpaired) electrons. The van der Waals surface area contributed by atoms with Crippen molar-refractivity contribution in [1.29, 1.82) is 0 Å². The van der Waals surface area contributed by atoms with Gasteiger partial charge in [-0.25, -0.2) is 9.97 Å². The van der Waals surface area contributed by atoms with Crippen molar-refractivity contribution in [3.8, 4) is 0 Å². The van der Waals surface area contributed by atoms with Crippen LogP contribution in [0.15, 0.2) is 18.5 Å². The summed E-state index contributed by atoms with van der Waals surface area (Å²) in [6.07, 6.45) is 5.90. The van der Waals surface area contributed by atoms with Crippen LogP contribution in [0.1, 0.15) is 12.2 Å². The zero-order chi connectivity index (χ0) is 8.23. The fourth-order valence-corrected chi connectivity index (χ4v) is 1.58. The van der Waals surface area contributed by atoms with Gasteiger partial charge < -0.3 is 5.32 Å². The molecule has 2 heterocycles. The lowest BCUT2D eigenvalue weighted by molar-refractivity contribution is 0.561. The number of nitrogens with one attached hydrogen (secondary N) is 1. The van der Waals surface area contributed by atoms with Gasteiger partial charge in [0.2, 0.25) is 0 Å². The van der Waals surface area contributed by atoms with Gasteiger partial charge in [-0.3, -0.25) is 0 Å². The highest BCUT2D eigenvalue weighted by molar-refractivity contribution is 4.91. The first-order valence-corrected chi connectivity index (χ1v) is 4.42. The van der Waals surface area contributed by atoms with Crippen LogP contribution >= 0.6 is 0 Å². The topological polar surface area (TPSA) is 37.8 Å². The second-order valence-corrected chi connectivity index (χ2v) is 3.23. The second-order valence-electron chi connectivity index (χ2n) is 3.23. The van der Waals surface area contributed by atoms with Gasteiger partial charge in [-0.1, -0.05) is 0 Å². The molecule has 1 N–H and O–H groups in total. The number of aromatic nitrogens is 2. The number of rotatable bonds is 2. The third-order valence-corrected chi connectivity index (χ3v) is 2.25. The Bertz CT molecular complexity index is 229. The third kappa shape index (κ3) is 1.80. The normalized spacial score (nSPS) is 22.8. The van der Waals surface area contributed by atoms with E-state index in [-0.39, 0.29) is 0 Å². The van der Waals surface area contributed by atoms with Crippen molar-refractivity contribution in [2.75, 3.05) is 13.1 Å². The van der Waals surface area contributed by atoms with Crippen LogP contribution in [0, 0.1) is 5.92 Å². The average Bonchev–Trinajstić information content (AvgIpc) is 2.59. The molecule has 1 aliphatic heterocycles. The van der Waals surface area contributed by atoms with E-state index in [2.05, 4.69) is 15.3 Å². The van der Waals surface area contributed by atoms with Gasteiger partial charge in [0, 0.05) is 18.8 Å². The number of nitrogens with zero attached hydrogens (tertiary/aromatic N) is 2. The van der Waals surface area contributed by atoms with E-state index in [4.69, 9.17) is 0 Å². The molecule has 0 saturated carbocycles. The molecule has 1 aromatic heterocycles. The molecule has 1 fully saturated rings. The fraction of sp³-hybridized carbons (Fsp3) is 0.556. The van der Waals surface area contributed by atoms with Crippen molar-refractivity contribution in [2.24, 2.45) is 5.92 Å². The van der Waals surface area contributed by atoms with Gasteiger partial charge in [-0.2, -0.15) is 0 Å². The van der Waals surface area contributed by atoms with Crippen molar-refractivity contribution in [2.45, 2.75) is 12.8 Å². The lowest BCUT2D eigenvalue weighted by Gasteiger charge is -2.04. The Kier molecular flexibility index (Phi) is 2.32. The molecule has 1 aromatic rings. The van der Waals surface area contributed by atoms with Crippen LogP contribution in [-0.4, -0.2) is 23.1 Å². The van der Waals surface area contributed by atoms with Crippen LogP contribution in [0.3, 0.4) is 0 Å². The van der Waals surface area contributed by atoms with Gasteiger partial charge in [0.1, 0.15) is 5.82 Å². The van der Waals surface area contributed by atoms with Gasteiger partial charge in [0.25, 0.3) is 0 Å². The first kappa shape index (κ1) is 7.68. The molecule has 64 valence electrons. The molecule has 0 aliphatic carbocycles. The lowest BCUT2D eigenvalue weighted by atomic mass is 10.1. The van der Waals surface area contributed by atoms with E-state index < -0.39 is 0 Å². The first-order valence-electron chi connectivity index (χ1n) is 4.42. The Balaban J connectivity index is 1.94. The SMILES string of the molecule is c1cnc(C[C@@H]2CCNC2)nc1. The Morgan fingerprint density at radius 1 is 1.42 bits per heavy atom. The zero-order valence-electron chi connectivity index (χ0n) is 7.03. The van der Waals surface area contributed by atoms with E-state index in [0.29, 0.717) is 0 Å². The molecular formula is C9H13N3. The van der Waals surface area contributed by atoms with Gasteiger partial charge in [0.15, 0.2) is 0 Å². The summed E-state index contributed by atoms with van der Waals surface area (Å²) >= 11 is 0. The number of hydrogen-bond acceptors (Lipinski definition) is 3. The van der Waals surface area contributed by atoms with Gasteiger partial charge in [-0.05, 0) is 31.5 Å². The Morgan fingerprint density at radius 3 is 2.92 bits per heavy atom. The second kappa shape index (κ2) is 3.63. The monoisotopic (exact) mass is 163 g/mol. The maximum Gasteiger partial charge on any atom is 0.128 e. The fourth-order valence-electron chi connectivity index (χ4n) is 1.58. The van der Waals surface area contributed by atoms with Crippen molar-refractivity contribution >= 4 is 0 Å². The average molecular weight is 163 g/mol. The summed E-state index contributed by atoms with van der Waals surface area (Å²) in [5.74, 6) is 1.72. The molecule has 0 aromatic carbocycles. The highest BCUT2D eigenvalue weighted by atomic mass is 14.9. The highest BCUT2D eigenvalue weighted by Crippen LogP contribution is 2.11. The Labute approximate surface area is 72.2 Å². The molecule has 1 atom stereocenters. The molecular weight excluding hydrogens is 150 g/mol. The minimum Gasteiger partial charge on any atom is -0.316 e. The summed E-state index contributed by atoms with van der Waals surface area (Å²) in [5, 5.41) is 3.34. The first-order chi connectivity index (χ1) is 5.95. The van der Waals surface area contributed by atoms with Crippen molar-refractivity contribution < 1.29 is 0 Å². The maximum absolute atomic E-state index is 4.20. The molecule has 12 heavy (non-hydrogen) atoms. The number of hydrogen-bond donors (Lipinski definition) is 1. The van der Waals surface area contributed by atoms with Crippen molar-refractivity contribution in [1.82, 2.24) is 15.3 Å². The van der Waals surface area contributed by atoms with Crippen molar-refractivity contribution in [3.63, 3.8) is 0 Å². The van der Waals surface area contributed by atoms with Crippen molar-refractivity contribution in [3.05, 3.63) is 24.3 Å².